The molecule has 3 aromatic rings. The lowest BCUT2D eigenvalue weighted by atomic mass is 9.95. The van der Waals surface area contributed by atoms with Gasteiger partial charge in [-0.1, -0.05) is 19.3 Å². The zero-order valence-electron chi connectivity index (χ0n) is 20.1. The molecule has 10 nitrogen and oxygen atoms in total. The normalized spacial score (nSPS) is 15.9. The summed E-state index contributed by atoms with van der Waals surface area (Å²) >= 11 is 1.31. The van der Waals surface area contributed by atoms with E-state index in [2.05, 4.69) is 36.1 Å². The molecule has 0 unspecified atom stereocenters. The van der Waals surface area contributed by atoms with Gasteiger partial charge in [-0.3, -0.25) is 14.7 Å². The van der Waals surface area contributed by atoms with Crippen molar-refractivity contribution in [1.29, 1.82) is 0 Å². The van der Waals surface area contributed by atoms with E-state index in [-0.39, 0.29) is 35.2 Å². The van der Waals surface area contributed by atoms with Gasteiger partial charge in [0, 0.05) is 34.3 Å². The Balaban J connectivity index is 1.37. The minimum atomic E-state index is -0.303. The van der Waals surface area contributed by atoms with E-state index in [1.165, 1.54) is 18.2 Å². The van der Waals surface area contributed by atoms with E-state index in [1.807, 2.05) is 37.3 Å². The van der Waals surface area contributed by atoms with Crippen LogP contribution >= 0.6 is 11.8 Å². The SMILES string of the molecule is Cc1cc(Nc2nc(Sc3ccc(NC(=O)C4CC4)cc3)nc(C(=O)NC3CCCCC3)c2N)n[nH]1. The Kier molecular flexibility index (Phi) is 7.08. The van der Waals surface area contributed by atoms with Crippen LogP contribution in [0.3, 0.4) is 0 Å². The molecule has 6 N–H and O–H groups in total. The summed E-state index contributed by atoms with van der Waals surface area (Å²) in [5.74, 6) is 0.771. The van der Waals surface area contributed by atoms with Crippen molar-refractivity contribution in [2.24, 2.45) is 5.92 Å². The first-order valence-electron chi connectivity index (χ1n) is 12.3. The standard InChI is InChI=1S/C25H30N8O2S/c1-14-13-19(33-32-14)29-22-20(26)21(24(35)28-16-5-3-2-4-6-16)30-25(31-22)36-18-11-9-17(10-12-18)27-23(34)15-7-8-15/h9-13,15-16H,2-8,26H2,1H3,(H,27,34)(H,28,35)(H2,29,30,31,32,33). The number of hydrogen-bond donors (Lipinski definition) is 5. The number of H-pyrrole nitrogens is 1. The lowest BCUT2D eigenvalue weighted by molar-refractivity contribution is -0.117. The second-order valence-corrected chi connectivity index (χ2v) is 10.4. The molecule has 2 aliphatic rings. The average molecular weight is 507 g/mol. The highest BCUT2D eigenvalue weighted by Gasteiger charge is 2.29. The van der Waals surface area contributed by atoms with Crippen LogP contribution in [0.25, 0.3) is 0 Å². The van der Waals surface area contributed by atoms with Crippen LogP contribution in [0, 0.1) is 12.8 Å². The fourth-order valence-corrected chi connectivity index (χ4v) is 4.93. The van der Waals surface area contributed by atoms with Crippen molar-refractivity contribution < 1.29 is 9.59 Å². The van der Waals surface area contributed by atoms with E-state index >= 15 is 0 Å². The predicted molar refractivity (Wildman–Crippen MR) is 139 cm³/mol. The fourth-order valence-electron chi connectivity index (χ4n) is 4.17. The molecule has 0 radical (unpaired) electrons. The van der Waals surface area contributed by atoms with Crippen LogP contribution in [0.2, 0.25) is 0 Å². The smallest absolute Gasteiger partial charge is 0.272 e. The molecule has 2 aromatic heterocycles. The van der Waals surface area contributed by atoms with Gasteiger partial charge in [0.15, 0.2) is 22.5 Å². The summed E-state index contributed by atoms with van der Waals surface area (Å²) in [4.78, 5) is 35.2. The summed E-state index contributed by atoms with van der Waals surface area (Å²) < 4.78 is 0. The van der Waals surface area contributed by atoms with Crippen LogP contribution in [-0.4, -0.2) is 38.0 Å². The number of benzene rings is 1. The molecule has 2 saturated carbocycles. The number of nitrogen functional groups attached to an aromatic ring is 1. The molecule has 188 valence electrons. The van der Waals surface area contributed by atoms with E-state index in [4.69, 9.17) is 5.73 Å². The number of carbonyl (C=O) groups excluding carboxylic acids is 2. The molecule has 1 aromatic carbocycles. The molecule has 0 saturated heterocycles. The first-order valence-corrected chi connectivity index (χ1v) is 13.1. The Morgan fingerprint density at radius 3 is 2.47 bits per heavy atom. The Morgan fingerprint density at radius 2 is 1.81 bits per heavy atom. The summed E-state index contributed by atoms with van der Waals surface area (Å²) in [6.07, 6.45) is 7.24. The van der Waals surface area contributed by atoms with Gasteiger partial charge < -0.3 is 21.7 Å². The highest BCUT2D eigenvalue weighted by molar-refractivity contribution is 7.99. The zero-order chi connectivity index (χ0) is 25.1. The third-order valence-electron chi connectivity index (χ3n) is 6.31. The Hall–Kier alpha value is -3.60. The lowest BCUT2D eigenvalue weighted by Crippen LogP contribution is -2.37. The number of anilines is 4. The minimum absolute atomic E-state index is 0.0650. The maximum atomic E-state index is 13.2. The first-order chi connectivity index (χ1) is 17.4. The number of aromatic amines is 1. The number of nitrogens with two attached hydrogens (primary N) is 1. The monoisotopic (exact) mass is 506 g/mol. The third kappa shape index (κ3) is 5.96. The number of nitrogens with one attached hydrogen (secondary N) is 4. The second-order valence-electron chi connectivity index (χ2n) is 9.38. The van der Waals surface area contributed by atoms with E-state index in [0.29, 0.717) is 16.8 Å². The Bertz CT molecular complexity index is 1250. The molecule has 2 amide bonds. The third-order valence-corrected chi connectivity index (χ3v) is 7.19. The van der Waals surface area contributed by atoms with Crippen LogP contribution in [0.15, 0.2) is 40.4 Å². The van der Waals surface area contributed by atoms with Gasteiger partial charge in [0.2, 0.25) is 5.91 Å². The average Bonchev–Trinajstić information content (AvgIpc) is 3.65. The summed E-state index contributed by atoms with van der Waals surface area (Å²) in [7, 11) is 0. The molecule has 2 heterocycles. The summed E-state index contributed by atoms with van der Waals surface area (Å²) in [5.41, 5.74) is 8.31. The lowest BCUT2D eigenvalue weighted by Gasteiger charge is -2.23. The van der Waals surface area contributed by atoms with Crippen molar-refractivity contribution in [3.63, 3.8) is 0 Å². The summed E-state index contributed by atoms with van der Waals surface area (Å²) in [6.45, 7) is 1.89. The summed E-state index contributed by atoms with van der Waals surface area (Å²) in [5, 5.41) is 16.6. The molecular formula is C25H30N8O2S. The molecule has 0 spiro atoms. The molecule has 11 heteroatoms. The first kappa shape index (κ1) is 24.1. The second kappa shape index (κ2) is 10.6. The van der Waals surface area contributed by atoms with Gasteiger partial charge in [0.25, 0.3) is 5.91 Å². The number of hydrogen-bond acceptors (Lipinski definition) is 8. The van der Waals surface area contributed by atoms with Gasteiger partial charge >= 0.3 is 0 Å². The maximum Gasteiger partial charge on any atom is 0.272 e. The molecule has 0 atom stereocenters. The van der Waals surface area contributed by atoms with E-state index in [0.717, 1.165) is 54.8 Å². The molecule has 5 rings (SSSR count). The van der Waals surface area contributed by atoms with Crippen LogP contribution in [0.1, 0.15) is 61.1 Å². The minimum Gasteiger partial charge on any atom is -0.394 e. The van der Waals surface area contributed by atoms with Crippen LogP contribution in [0.4, 0.5) is 23.0 Å². The topological polar surface area (TPSA) is 151 Å². The number of rotatable bonds is 8. The highest BCUT2D eigenvalue weighted by atomic mass is 32.2. The molecule has 2 aliphatic carbocycles. The maximum absolute atomic E-state index is 13.2. The van der Waals surface area contributed by atoms with E-state index in [9.17, 15) is 9.59 Å². The summed E-state index contributed by atoms with van der Waals surface area (Å²) in [6, 6.07) is 9.42. The van der Waals surface area contributed by atoms with Crippen molar-refractivity contribution in [1.82, 2.24) is 25.5 Å². The van der Waals surface area contributed by atoms with Gasteiger partial charge in [-0.05, 0) is 68.6 Å². The van der Waals surface area contributed by atoms with Crippen molar-refractivity contribution in [3.8, 4) is 0 Å². The highest BCUT2D eigenvalue weighted by Crippen LogP contribution is 2.33. The number of nitrogens with zero attached hydrogens (tertiary/aromatic N) is 3. The number of carbonyl (C=O) groups is 2. The van der Waals surface area contributed by atoms with Crippen LogP contribution in [-0.2, 0) is 4.79 Å². The fraction of sp³-hybridized carbons (Fsp3) is 0.400. The number of amides is 2. The van der Waals surface area contributed by atoms with Crippen LogP contribution in [0.5, 0.6) is 0 Å². The van der Waals surface area contributed by atoms with Gasteiger partial charge in [-0.25, -0.2) is 9.97 Å². The quantitative estimate of drug-likeness (QED) is 0.282. The van der Waals surface area contributed by atoms with Gasteiger partial charge in [-0.2, -0.15) is 5.10 Å². The van der Waals surface area contributed by atoms with Crippen molar-refractivity contribution in [2.45, 2.75) is 68.0 Å². The van der Waals surface area contributed by atoms with Gasteiger partial charge in [-0.15, -0.1) is 0 Å². The number of aryl methyl sites for hydroxylation is 1. The van der Waals surface area contributed by atoms with E-state index in [1.54, 1.807) is 0 Å². The van der Waals surface area contributed by atoms with Gasteiger partial charge in [0.1, 0.15) is 5.69 Å². The van der Waals surface area contributed by atoms with Crippen LogP contribution < -0.4 is 21.7 Å². The van der Waals surface area contributed by atoms with Crippen molar-refractivity contribution >= 4 is 46.6 Å². The van der Waals surface area contributed by atoms with Gasteiger partial charge in [0.05, 0.1) is 0 Å². The largest absolute Gasteiger partial charge is 0.394 e. The molecular weight excluding hydrogens is 476 g/mol. The Labute approximate surface area is 213 Å². The predicted octanol–water partition coefficient (Wildman–Crippen LogP) is 4.40. The van der Waals surface area contributed by atoms with Crippen molar-refractivity contribution in [3.05, 3.63) is 41.7 Å². The number of aromatic nitrogens is 4. The zero-order valence-corrected chi connectivity index (χ0v) is 21.0. The van der Waals surface area contributed by atoms with Crippen molar-refractivity contribution in [2.75, 3.05) is 16.4 Å². The molecule has 0 bridgehead atoms. The molecule has 2 fully saturated rings. The Morgan fingerprint density at radius 1 is 1.06 bits per heavy atom. The van der Waals surface area contributed by atoms with E-state index < -0.39 is 0 Å². The molecule has 36 heavy (non-hydrogen) atoms. The molecule has 0 aliphatic heterocycles.